The molecule has 0 fully saturated rings. The molecule has 0 aliphatic carbocycles. The van der Waals surface area contributed by atoms with Gasteiger partial charge >= 0.3 is 0 Å². The Morgan fingerprint density at radius 2 is 2.11 bits per heavy atom. The third-order valence-electron chi connectivity index (χ3n) is 2.48. The second-order valence-electron chi connectivity index (χ2n) is 3.88. The highest BCUT2D eigenvalue weighted by atomic mass is 32.1. The zero-order valence-electron chi connectivity index (χ0n) is 9.77. The Kier molecular flexibility index (Phi) is 3.53. The number of nitrogens with zero attached hydrogens (tertiary/aromatic N) is 1. The van der Waals surface area contributed by atoms with Crippen molar-refractivity contribution in [3.05, 3.63) is 53.6 Å². The van der Waals surface area contributed by atoms with Gasteiger partial charge in [-0.05, 0) is 42.8 Å². The number of hydrogen-bond donors (Lipinski definition) is 2. The predicted octanol–water partition coefficient (Wildman–Crippen LogP) is 2.91. The van der Waals surface area contributed by atoms with E-state index in [1.165, 1.54) is 12.1 Å². The van der Waals surface area contributed by atoms with E-state index in [1.54, 1.807) is 18.3 Å². The summed E-state index contributed by atoms with van der Waals surface area (Å²) < 4.78 is 13.0. The average molecular weight is 261 g/mol. The number of nitrogens with two attached hydrogens (primary N) is 1. The van der Waals surface area contributed by atoms with Crippen LogP contribution in [0.1, 0.15) is 11.3 Å². The van der Waals surface area contributed by atoms with Gasteiger partial charge in [-0.25, -0.2) is 4.39 Å². The van der Waals surface area contributed by atoms with Gasteiger partial charge in [-0.1, -0.05) is 12.2 Å². The quantitative estimate of drug-likeness (QED) is 0.834. The van der Waals surface area contributed by atoms with E-state index < -0.39 is 0 Å². The van der Waals surface area contributed by atoms with E-state index in [2.05, 4.69) is 10.3 Å². The van der Waals surface area contributed by atoms with Crippen LogP contribution in [0.25, 0.3) is 0 Å². The lowest BCUT2D eigenvalue weighted by Gasteiger charge is -2.09. The van der Waals surface area contributed by atoms with Crippen molar-refractivity contribution in [2.75, 3.05) is 5.32 Å². The second kappa shape index (κ2) is 5.10. The Bertz CT molecular complexity index is 581. The third kappa shape index (κ3) is 2.81. The molecule has 1 heterocycles. The molecule has 3 nitrogen and oxygen atoms in total. The number of rotatable bonds is 3. The van der Waals surface area contributed by atoms with Crippen LogP contribution in [-0.4, -0.2) is 9.97 Å². The smallest absolute Gasteiger partial charge is 0.123 e. The van der Waals surface area contributed by atoms with Gasteiger partial charge in [0.05, 0.1) is 17.6 Å². The summed E-state index contributed by atoms with van der Waals surface area (Å²) in [6.07, 6.45) is 1.64. The van der Waals surface area contributed by atoms with Crippen molar-refractivity contribution in [2.24, 2.45) is 5.73 Å². The van der Waals surface area contributed by atoms with E-state index in [0.717, 1.165) is 16.9 Å². The number of thiocarbonyl (C=S) groups is 1. The Balaban J connectivity index is 2.21. The maximum Gasteiger partial charge on any atom is 0.123 e. The zero-order valence-corrected chi connectivity index (χ0v) is 10.6. The summed E-state index contributed by atoms with van der Waals surface area (Å²) in [6.45, 7) is 1.84. The Hall–Kier alpha value is -2.01. The Morgan fingerprint density at radius 3 is 2.67 bits per heavy atom. The van der Waals surface area contributed by atoms with Gasteiger partial charge in [0.1, 0.15) is 10.8 Å². The number of halogens is 1. The molecule has 0 unspecified atom stereocenters. The van der Waals surface area contributed by atoms with Crippen LogP contribution in [0.15, 0.2) is 36.5 Å². The highest BCUT2D eigenvalue weighted by Crippen LogP contribution is 2.20. The number of aromatic nitrogens is 1. The van der Waals surface area contributed by atoms with Gasteiger partial charge in [0.15, 0.2) is 0 Å². The van der Waals surface area contributed by atoms with E-state index in [9.17, 15) is 4.39 Å². The van der Waals surface area contributed by atoms with Crippen LogP contribution >= 0.6 is 12.2 Å². The summed E-state index contributed by atoms with van der Waals surface area (Å²) in [7, 11) is 0. The first-order chi connectivity index (χ1) is 8.56. The van der Waals surface area contributed by atoms with Crippen LogP contribution in [0.4, 0.5) is 15.8 Å². The van der Waals surface area contributed by atoms with Crippen LogP contribution in [0.5, 0.6) is 0 Å². The molecule has 2 rings (SSSR count). The molecule has 0 atom stereocenters. The number of aryl methyl sites for hydroxylation is 1. The topological polar surface area (TPSA) is 50.9 Å². The molecule has 0 aliphatic rings. The largest absolute Gasteiger partial charge is 0.388 e. The fourth-order valence-electron chi connectivity index (χ4n) is 1.54. The fourth-order valence-corrected chi connectivity index (χ4v) is 1.66. The first kappa shape index (κ1) is 12.4. The minimum atomic E-state index is -0.250. The van der Waals surface area contributed by atoms with Crippen LogP contribution in [0, 0.1) is 12.7 Å². The van der Waals surface area contributed by atoms with Crippen molar-refractivity contribution in [3.8, 4) is 0 Å². The average Bonchev–Trinajstić information content (AvgIpc) is 2.33. The summed E-state index contributed by atoms with van der Waals surface area (Å²) in [5, 5.41) is 3.15. The molecule has 0 saturated heterocycles. The number of benzene rings is 1. The number of anilines is 2. The summed E-state index contributed by atoms with van der Waals surface area (Å²) in [5.74, 6) is -0.250. The van der Waals surface area contributed by atoms with Gasteiger partial charge in [0, 0.05) is 5.69 Å². The molecule has 3 N–H and O–H groups in total. The standard InChI is InChI=1S/C13H12FN3S/c1-8-6-9(14)2-4-11(8)17-10-3-5-12(13(15)18)16-7-10/h2-7,17H,1H3,(H2,15,18). The monoisotopic (exact) mass is 261 g/mol. The van der Waals surface area contributed by atoms with E-state index in [0.29, 0.717) is 5.69 Å². The molecule has 0 aliphatic heterocycles. The maximum absolute atomic E-state index is 13.0. The van der Waals surface area contributed by atoms with Crippen LogP contribution < -0.4 is 11.1 Å². The van der Waals surface area contributed by atoms with Gasteiger partial charge in [-0.15, -0.1) is 0 Å². The maximum atomic E-state index is 13.0. The Morgan fingerprint density at radius 1 is 1.33 bits per heavy atom. The molecular formula is C13H12FN3S. The molecule has 2 aromatic rings. The van der Waals surface area contributed by atoms with Crippen molar-refractivity contribution in [1.82, 2.24) is 4.98 Å². The highest BCUT2D eigenvalue weighted by Gasteiger charge is 2.02. The predicted molar refractivity (Wildman–Crippen MR) is 74.5 cm³/mol. The van der Waals surface area contributed by atoms with Crippen molar-refractivity contribution < 1.29 is 4.39 Å². The van der Waals surface area contributed by atoms with Gasteiger partial charge in [-0.2, -0.15) is 0 Å². The van der Waals surface area contributed by atoms with Crippen LogP contribution in [-0.2, 0) is 0 Å². The normalized spacial score (nSPS) is 10.1. The molecule has 18 heavy (non-hydrogen) atoms. The van der Waals surface area contributed by atoms with Crippen molar-refractivity contribution in [2.45, 2.75) is 6.92 Å². The SMILES string of the molecule is Cc1cc(F)ccc1Nc1ccc(C(N)=S)nc1. The summed E-state index contributed by atoms with van der Waals surface area (Å²) in [4.78, 5) is 4.38. The van der Waals surface area contributed by atoms with Crippen molar-refractivity contribution in [1.29, 1.82) is 0 Å². The molecule has 0 amide bonds. The lowest BCUT2D eigenvalue weighted by atomic mass is 10.2. The zero-order chi connectivity index (χ0) is 13.1. The Labute approximate surface area is 110 Å². The van der Waals surface area contributed by atoms with Crippen LogP contribution in [0.2, 0.25) is 0 Å². The van der Waals surface area contributed by atoms with E-state index in [1.807, 2.05) is 13.0 Å². The van der Waals surface area contributed by atoms with Gasteiger partial charge in [0.2, 0.25) is 0 Å². The van der Waals surface area contributed by atoms with Gasteiger partial charge < -0.3 is 11.1 Å². The highest BCUT2D eigenvalue weighted by molar-refractivity contribution is 7.80. The van der Waals surface area contributed by atoms with Crippen molar-refractivity contribution >= 4 is 28.6 Å². The van der Waals surface area contributed by atoms with E-state index in [4.69, 9.17) is 18.0 Å². The van der Waals surface area contributed by atoms with Crippen molar-refractivity contribution in [3.63, 3.8) is 0 Å². The minimum absolute atomic E-state index is 0.250. The number of pyridine rings is 1. The fraction of sp³-hybridized carbons (Fsp3) is 0.0769. The molecule has 0 saturated carbocycles. The summed E-state index contributed by atoms with van der Waals surface area (Å²) in [6, 6.07) is 8.13. The second-order valence-corrected chi connectivity index (χ2v) is 4.32. The van der Waals surface area contributed by atoms with E-state index >= 15 is 0 Å². The molecule has 0 spiro atoms. The number of hydrogen-bond acceptors (Lipinski definition) is 3. The van der Waals surface area contributed by atoms with Crippen LogP contribution in [0.3, 0.4) is 0 Å². The molecule has 0 radical (unpaired) electrons. The minimum Gasteiger partial charge on any atom is -0.388 e. The molecule has 0 bridgehead atoms. The molecule has 1 aromatic carbocycles. The molecule has 5 heteroatoms. The van der Waals surface area contributed by atoms with Gasteiger partial charge in [0.25, 0.3) is 0 Å². The molecule has 1 aromatic heterocycles. The summed E-state index contributed by atoms with van der Waals surface area (Å²) in [5.41, 5.74) is 8.50. The first-order valence-corrected chi connectivity index (χ1v) is 5.76. The third-order valence-corrected chi connectivity index (χ3v) is 2.69. The lowest BCUT2D eigenvalue weighted by molar-refractivity contribution is 0.627. The van der Waals surface area contributed by atoms with Gasteiger partial charge in [-0.3, -0.25) is 4.98 Å². The van der Waals surface area contributed by atoms with E-state index in [-0.39, 0.29) is 10.8 Å². The first-order valence-electron chi connectivity index (χ1n) is 5.35. The summed E-state index contributed by atoms with van der Waals surface area (Å²) >= 11 is 4.82. The molecular weight excluding hydrogens is 249 g/mol. The molecule has 92 valence electrons. The lowest BCUT2D eigenvalue weighted by Crippen LogP contribution is -2.11. The number of nitrogens with one attached hydrogen (secondary N) is 1.